The SMILES string of the molecule is O=C(CCC1CCCC1)N/C(=C\c1ccc(O)cc1)C(=O)O. The van der Waals surface area contributed by atoms with Gasteiger partial charge in [-0.25, -0.2) is 4.79 Å². The molecule has 0 saturated heterocycles. The van der Waals surface area contributed by atoms with Gasteiger partial charge in [-0.1, -0.05) is 37.8 Å². The minimum absolute atomic E-state index is 0.106. The molecule has 5 heteroatoms. The normalized spacial score (nSPS) is 15.7. The topological polar surface area (TPSA) is 86.6 Å². The van der Waals surface area contributed by atoms with E-state index in [-0.39, 0.29) is 17.4 Å². The molecule has 22 heavy (non-hydrogen) atoms. The van der Waals surface area contributed by atoms with E-state index in [9.17, 15) is 19.8 Å². The highest BCUT2D eigenvalue weighted by molar-refractivity contribution is 5.96. The lowest BCUT2D eigenvalue weighted by atomic mass is 10.0. The summed E-state index contributed by atoms with van der Waals surface area (Å²) >= 11 is 0. The van der Waals surface area contributed by atoms with Gasteiger partial charge in [0.2, 0.25) is 5.91 Å². The van der Waals surface area contributed by atoms with Crippen LogP contribution in [0.1, 0.15) is 44.1 Å². The Morgan fingerprint density at radius 2 is 1.82 bits per heavy atom. The predicted octanol–water partition coefficient (Wildman–Crippen LogP) is 2.90. The number of carbonyl (C=O) groups excluding carboxylic acids is 1. The number of aromatic hydroxyl groups is 1. The minimum atomic E-state index is -1.18. The molecular weight excluding hydrogens is 282 g/mol. The van der Waals surface area contributed by atoms with E-state index in [2.05, 4.69) is 5.32 Å². The van der Waals surface area contributed by atoms with Crippen LogP contribution >= 0.6 is 0 Å². The standard InChI is InChI=1S/C17H21NO4/c19-14-8-5-13(6-9-14)11-15(17(21)22)18-16(20)10-7-12-3-1-2-4-12/h5-6,8-9,11-12,19H,1-4,7,10H2,(H,18,20)(H,21,22)/b15-11-. The van der Waals surface area contributed by atoms with Crippen molar-refractivity contribution in [1.82, 2.24) is 5.32 Å². The van der Waals surface area contributed by atoms with Crippen molar-refractivity contribution in [2.75, 3.05) is 0 Å². The lowest BCUT2D eigenvalue weighted by molar-refractivity contribution is -0.134. The van der Waals surface area contributed by atoms with Crippen LogP contribution in [0.15, 0.2) is 30.0 Å². The van der Waals surface area contributed by atoms with Crippen molar-refractivity contribution >= 4 is 18.0 Å². The Morgan fingerprint density at radius 3 is 2.41 bits per heavy atom. The van der Waals surface area contributed by atoms with Crippen LogP contribution in [0.5, 0.6) is 5.75 Å². The second-order valence-electron chi connectivity index (χ2n) is 5.69. The van der Waals surface area contributed by atoms with Crippen LogP contribution in [0.4, 0.5) is 0 Å². The first kappa shape index (κ1) is 16.1. The second kappa shape index (κ2) is 7.64. The molecule has 1 aromatic carbocycles. The van der Waals surface area contributed by atoms with Gasteiger partial charge in [-0.2, -0.15) is 0 Å². The molecule has 0 spiro atoms. The Labute approximate surface area is 129 Å². The molecule has 0 atom stereocenters. The molecule has 1 aliphatic carbocycles. The molecule has 1 aromatic rings. The van der Waals surface area contributed by atoms with Gasteiger partial charge >= 0.3 is 5.97 Å². The first-order valence-corrected chi connectivity index (χ1v) is 7.58. The van der Waals surface area contributed by atoms with Crippen LogP contribution in [0, 0.1) is 5.92 Å². The fourth-order valence-corrected chi connectivity index (χ4v) is 2.74. The number of hydrogen-bond donors (Lipinski definition) is 3. The van der Waals surface area contributed by atoms with Crippen molar-refractivity contribution in [1.29, 1.82) is 0 Å². The number of carboxylic acid groups (broad SMARTS) is 1. The molecule has 0 unspecified atom stereocenters. The van der Waals surface area contributed by atoms with Gasteiger partial charge in [0.15, 0.2) is 0 Å². The molecule has 2 rings (SSSR count). The molecule has 0 heterocycles. The lowest BCUT2D eigenvalue weighted by Gasteiger charge is -2.09. The molecule has 0 aromatic heterocycles. The molecule has 0 aliphatic heterocycles. The summed E-state index contributed by atoms with van der Waals surface area (Å²) in [4.78, 5) is 23.1. The van der Waals surface area contributed by atoms with Crippen molar-refractivity contribution in [3.8, 4) is 5.75 Å². The van der Waals surface area contributed by atoms with Crippen molar-refractivity contribution in [3.05, 3.63) is 35.5 Å². The Kier molecular flexibility index (Phi) is 5.58. The quantitative estimate of drug-likeness (QED) is 0.705. The van der Waals surface area contributed by atoms with E-state index in [0.29, 0.717) is 17.9 Å². The third kappa shape index (κ3) is 4.91. The van der Waals surface area contributed by atoms with E-state index < -0.39 is 5.97 Å². The van der Waals surface area contributed by atoms with Gasteiger partial charge in [0.25, 0.3) is 0 Å². The van der Waals surface area contributed by atoms with Gasteiger partial charge in [0.1, 0.15) is 11.4 Å². The second-order valence-corrected chi connectivity index (χ2v) is 5.69. The average molecular weight is 303 g/mol. The number of carbonyl (C=O) groups is 2. The van der Waals surface area contributed by atoms with Crippen LogP contribution < -0.4 is 5.32 Å². The summed E-state index contributed by atoms with van der Waals surface area (Å²) in [6.07, 6.45) is 7.35. The fraction of sp³-hybridized carbons (Fsp3) is 0.412. The third-order valence-corrected chi connectivity index (χ3v) is 3.96. The summed E-state index contributed by atoms with van der Waals surface area (Å²) in [5.74, 6) is -0.739. The van der Waals surface area contributed by atoms with Crippen molar-refractivity contribution < 1.29 is 19.8 Å². The number of rotatable bonds is 6. The van der Waals surface area contributed by atoms with Crippen LogP contribution in [0.2, 0.25) is 0 Å². The zero-order valence-electron chi connectivity index (χ0n) is 12.4. The lowest BCUT2D eigenvalue weighted by Crippen LogP contribution is -2.27. The smallest absolute Gasteiger partial charge is 0.352 e. The van der Waals surface area contributed by atoms with Gasteiger partial charge in [0, 0.05) is 6.42 Å². The molecule has 118 valence electrons. The van der Waals surface area contributed by atoms with Crippen LogP contribution in [-0.4, -0.2) is 22.1 Å². The van der Waals surface area contributed by atoms with E-state index in [1.807, 2.05) is 0 Å². The van der Waals surface area contributed by atoms with Crippen molar-refractivity contribution in [3.63, 3.8) is 0 Å². The number of amides is 1. The van der Waals surface area contributed by atoms with E-state index >= 15 is 0 Å². The van der Waals surface area contributed by atoms with Crippen LogP contribution in [0.25, 0.3) is 6.08 Å². The van der Waals surface area contributed by atoms with E-state index in [1.54, 1.807) is 12.1 Å². The number of carboxylic acids is 1. The summed E-state index contributed by atoms with van der Waals surface area (Å²) < 4.78 is 0. The fourth-order valence-electron chi connectivity index (χ4n) is 2.74. The van der Waals surface area contributed by atoms with Gasteiger partial charge in [-0.15, -0.1) is 0 Å². The van der Waals surface area contributed by atoms with E-state index in [4.69, 9.17) is 0 Å². The number of aliphatic carboxylic acids is 1. The molecule has 1 fully saturated rings. The maximum absolute atomic E-state index is 11.9. The molecule has 1 aliphatic rings. The van der Waals surface area contributed by atoms with Crippen LogP contribution in [0.3, 0.4) is 0 Å². The van der Waals surface area contributed by atoms with E-state index in [1.165, 1.54) is 43.9 Å². The van der Waals surface area contributed by atoms with Crippen molar-refractivity contribution in [2.24, 2.45) is 5.92 Å². The highest BCUT2D eigenvalue weighted by Crippen LogP contribution is 2.28. The van der Waals surface area contributed by atoms with Gasteiger partial charge in [0.05, 0.1) is 0 Å². The number of hydrogen-bond acceptors (Lipinski definition) is 3. The zero-order valence-corrected chi connectivity index (χ0v) is 12.4. The maximum atomic E-state index is 11.9. The van der Waals surface area contributed by atoms with Gasteiger partial charge in [-0.3, -0.25) is 4.79 Å². The Bertz CT molecular complexity index is 557. The Balaban J connectivity index is 1.94. The minimum Gasteiger partial charge on any atom is -0.508 e. The number of benzene rings is 1. The monoisotopic (exact) mass is 303 g/mol. The maximum Gasteiger partial charge on any atom is 0.352 e. The number of phenols is 1. The third-order valence-electron chi connectivity index (χ3n) is 3.96. The zero-order chi connectivity index (χ0) is 15.9. The van der Waals surface area contributed by atoms with Gasteiger partial charge < -0.3 is 15.5 Å². The predicted molar refractivity (Wildman–Crippen MR) is 83.1 cm³/mol. The molecule has 1 saturated carbocycles. The first-order chi connectivity index (χ1) is 10.5. The summed E-state index contributed by atoms with van der Waals surface area (Å²) in [6.45, 7) is 0. The first-order valence-electron chi connectivity index (χ1n) is 7.58. The van der Waals surface area contributed by atoms with Crippen LogP contribution in [-0.2, 0) is 9.59 Å². The van der Waals surface area contributed by atoms with Crippen molar-refractivity contribution in [2.45, 2.75) is 38.5 Å². The molecule has 5 nitrogen and oxygen atoms in total. The summed E-state index contributed by atoms with van der Waals surface area (Å²) in [6, 6.07) is 6.10. The average Bonchev–Trinajstić information content (AvgIpc) is 3.00. The highest BCUT2D eigenvalue weighted by atomic mass is 16.4. The number of phenolic OH excluding ortho intramolecular Hbond substituents is 1. The number of nitrogens with one attached hydrogen (secondary N) is 1. The van der Waals surface area contributed by atoms with Gasteiger partial charge in [-0.05, 0) is 36.1 Å². The summed E-state index contributed by atoms with van der Waals surface area (Å²) in [5.41, 5.74) is 0.452. The Hall–Kier alpha value is -2.30. The Morgan fingerprint density at radius 1 is 1.18 bits per heavy atom. The molecular formula is C17H21NO4. The molecule has 0 bridgehead atoms. The molecule has 1 amide bonds. The van der Waals surface area contributed by atoms with E-state index in [0.717, 1.165) is 6.42 Å². The molecule has 3 N–H and O–H groups in total. The molecule has 0 radical (unpaired) electrons. The largest absolute Gasteiger partial charge is 0.508 e. The summed E-state index contributed by atoms with van der Waals surface area (Å²) in [7, 11) is 0. The highest BCUT2D eigenvalue weighted by Gasteiger charge is 2.17. The summed E-state index contributed by atoms with van der Waals surface area (Å²) in [5, 5.41) is 20.9.